The molecule has 0 saturated carbocycles. The highest BCUT2D eigenvalue weighted by Crippen LogP contribution is 2.34. The maximum atomic E-state index is 10.3. The molecule has 1 rings (SSSR count). The molecule has 13 heavy (non-hydrogen) atoms. The second kappa shape index (κ2) is 4.28. The fourth-order valence-electron chi connectivity index (χ4n) is 0.835. The van der Waals surface area contributed by atoms with Gasteiger partial charge in [0, 0.05) is 10.9 Å². The van der Waals surface area contributed by atoms with Crippen LogP contribution in [0.4, 0.5) is 0 Å². The van der Waals surface area contributed by atoms with Gasteiger partial charge < -0.3 is 10.8 Å². The smallest absolute Gasteiger partial charge is 0.305 e. The molecule has 1 atom stereocenters. The number of aliphatic carboxylic acids is 1. The third-order valence-corrected chi connectivity index (χ3v) is 3.42. The predicted octanol–water partition coefficient (Wildman–Crippen LogP) is 2.53. The van der Waals surface area contributed by atoms with Crippen LogP contribution in [0.15, 0.2) is 6.07 Å². The largest absolute Gasteiger partial charge is 0.481 e. The van der Waals surface area contributed by atoms with E-state index in [-0.39, 0.29) is 6.42 Å². The van der Waals surface area contributed by atoms with Crippen LogP contribution in [0, 0.1) is 0 Å². The zero-order valence-corrected chi connectivity index (χ0v) is 8.79. The molecule has 0 saturated heterocycles. The monoisotopic (exact) mass is 239 g/mol. The van der Waals surface area contributed by atoms with Gasteiger partial charge in [-0.25, -0.2) is 0 Å². The van der Waals surface area contributed by atoms with E-state index >= 15 is 0 Å². The van der Waals surface area contributed by atoms with E-state index in [0.29, 0.717) is 14.2 Å². The van der Waals surface area contributed by atoms with Gasteiger partial charge >= 0.3 is 5.97 Å². The fraction of sp³-hybridized carbons (Fsp3) is 0.286. The summed E-state index contributed by atoms with van der Waals surface area (Å²) in [7, 11) is 0. The van der Waals surface area contributed by atoms with Crippen LogP contribution in [0.1, 0.15) is 17.3 Å². The normalized spacial score (nSPS) is 12.8. The molecule has 0 aliphatic rings. The minimum atomic E-state index is -0.937. The van der Waals surface area contributed by atoms with Gasteiger partial charge in [-0.05, 0) is 6.07 Å². The van der Waals surface area contributed by atoms with Crippen LogP contribution in [0.25, 0.3) is 0 Å². The van der Waals surface area contributed by atoms with Crippen LogP contribution >= 0.6 is 34.5 Å². The Kier molecular flexibility index (Phi) is 3.55. The summed E-state index contributed by atoms with van der Waals surface area (Å²) in [5.41, 5.74) is 5.59. The van der Waals surface area contributed by atoms with E-state index in [1.165, 1.54) is 11.3 Å². The summed E-state index contributed by atoms with van der Waals surface area (Å²) in [5, 5.41) is 8.90. The van der Waals surface area contributed by atoms with Crippen LogP contribution in [0.3, 0.4) is 0 Å². The molecule has 0 radical (unpaired) electrons. The molecule has 1 aromatic heterocycles. The molecular weight excluding hydrogens is 233 g/mol. The van der Waals surface area contributed by atoms with Gasteiger partial charge in [0.25, 0.3) is 0 Å². The summed E-state index contributed by atoms with van der Waals surface area (Å²) in [5.74, 6) is -0.937. The van der Waals surface area contributed by atoms with Gasteiger partial charge in [0.1, 0.15) is 4.34 Å². The Morgan fingerprint density at radius 1 is 1.69 bits per heavy atom. The van der Waals surface area contributed by atoms with Crippen molar-refractivity contribution >= 4 is 40.5 Å². The number of halogens is 2. The van der Waals surface area contributed by atoms with E-state index in [1.54, 1.807) is 6.07 Å². The lowest BCUT2D eigenvalue weighted by molar-refractivity contribution is -0.137. The van der Waals surface area contributed by atoms with Crippen LogP contribution < -0.4 is 5.73 Å². The summed E-state index contributed by atoms with van der Waals surface area (Å²) in [6.45, 7) is 0. The third-order valence-electron chi connectivity index (χ3n) is 1.42. The Morgan fingerprint density at radius 2 is 2.31 bits per heavy atom. The molecule has 0 fully saturated rings. The molecule has 0 aromatic carbocycles. The Hall–Kier alpha value is -0.290. The first-order valence-electron chi connectivity index (χ1n) is 3.43. The van der Waals surface area contributed by atoms with Gasteiger partial charge in [0.2, 0.25) is 0 Å². The first-order valence-corrected chi connectivity index (χ1v) is 5.00. The SMILES string of the molecule is NC(CC(=O)O)c1cc(Cl)c(Cl)s1. The average molecular weight is 240 g/mol. The van der Waals surface area contributed by atoms with Gasteiger partial charge in [-0.2, -0.15) is 0 Å². The average Bonchev–Trinajstić information content (AvgIpc) is 2.31. The van der Waals surface area contributed by atoms with Gasteiger partial charge in [-0.3, -0.25) is 4.79 Å². The number of carboxylic acids is 1. The first-order chi connectivity index (χ1) is 6.00. The zero-order valence-electron chi connectivity index (χ0n) is 6.46. The number of carboxylic acid groups (broad SMARTS) is 1. The molecular formula is C7H7Cl2NO2S. The number of thiophene rings is 1. The van der Waals surface area contributed by atoms with E-state index in [0.717, 1.165) is 0 Å². The van der Waals surface area contributed by atoms with Crippen molar-refractivity contribution in [2.75, 3.05) is 0 Å². The molecule has 0 amide bonds. The van der Waals surface area contributed by atoms with Crippen molar-refractivity contribution in [1.82, 2.24) is 0 Å². The number of carbonyl (C=O) groups is 1. The molecule has 1 heterocycles. The van der Waals surface area contributed by atoms with Crippen LogP contribution in [-0.2, 0) is 4.79 Å². The fourth-order valence-corrected chi connectivity index (χ4v) is 2.23. The molecule has 1 aromatic rings. The van der Waals surface area contributed by atoms with Crippen molar-refractivity contribution in [3.8, 4) is 0 Å². The van der Waals surface area contributed by atoms with Crippen molar-refractivity contribution in [1.29, 1.82) is 0 Å². The van der Waals surface area contributed by atoms with E-state index in [2.05, 4.69) is 0 Å². The molecule has 6 heteroatoms. The molecule has 3 nitrogen and oxygen atoms in total. The lowest BCUT2D eigenvalue weighted by Crippen LogP contribution is -2.13. The number of hydrogen-bond acceptors (Lipinski definition) is 3. The lowest BCUT2D eigenvalue weighted by Gasteiger charge is -2.04. The van der Waals surface area contributed by atoms with Gasteiger partial charge in [-0.1, -0.05) is 23.2 Å². The first kappa shape index (κ1) is 10.8. The molecule has 0 bridgehead atoms. The van der Waals surface area contributed by atoms with Gasteiger partial charge in [-0.15, -0.1) is 11.3 Å². The van der Waals surface area contributed by atoms with Crippen molar-refractivity contribution in [2.45, 2.75) is 12.5 Å². The van der Waals surface area contributed by atoms with Crippen molar-refractivity contribution in [3.63, 3.8) is 0 Å². The summed E-state index contributed by atoms with van der Waals surface area (Å²) in [6, 6.07) is 1.06. The van der Waals surface area contributed by atoms with E-state index in [4.69, 9.17) is 34.0 Å². The van der Waals surface area contributed by atoms with Crippen LogP contribution in [-0.4, -0.2) is 11.1 Å². The Morgan fingerprint density at radius 3 is 2.69 bits per heavy atom. The van der Waals surface area contributed by atoms with Crippen molar-refractivity contribution < 1.29 is 9.90 Å². The number of rotatable bonds is 3. The van der Waals surface area contributed by atoms with E-state index in [9.17, 15) is 4.79 Å². The molecule has 1 unspecified atom stereocenters. The second-order valence-corrected chi connectivity index (χ2v) is 4.57. The quantitative estimate of drug-likeness (QED) is 0.853. The number of hydrogen-bond donors (Lipinski definition) is 2. The van der Waals surface area contributed by atoms with Crippen molar-refractivity contribution in [2.24, 2.45) is 5.73 Å². The van der Waals surface area contributed by atoms with Crippen LogP contribution in [0.5, 0.6) is 0 Å². The third kappa shape index (κ3) is 2.84. The Balaban J connectivity index is 2.77. The molecule has 3 N–H and O–H groups in total. The highest BCUT2D eigenvalue weighted by Gasteiger charge is 2.14. The highest BCUT2D eigenvalue weighted by molar-refractivity contribution is 7.17. The Labute approximate surface area is 89.1 Å². The standard InChI is InChI=1S/C7H7Cl2NO2S/c8-3-1-5(13-7(3)9)4(10)2-6(11)12/h1,4H,2,10H2,(H,11,12). The minimum Gasteiger partial charge on any atom is -0.481 e. The maximum absolute atomic E-state index is 10.3. The van der Waals surface area contributed by atoms with E-state index in [1.807, 2.05) is 0 Å². The Bertz CT molecular complexity index is 307. The van der Waals surface area contributed by atoms with Crippen LogP contribution in [0.2, 0.25) is 9.36 Å². The molecule has 0 spiro atoms. The van der Waals surface area contributed by atoms with Crippen molar-refractivity contribution in [3.05, 3.63) is 20.3 Å². The second-order valence-electron chi connectivity index (χ2n) is 2.47. The minimum absolute atomic E-state index is 0.118. The summed E-state index contributed by atoms with van der Waals surface area (Å²) < 4.78 is 0.442. The topological polar surface area (TPSA) is 63.3 Å². The van der Waals surface area contributed by atoms with E-state index < -0.39 is 12.0 Å². The highest BCUT2D eigenvalue weighted by atomic mass is 35.5. The zero-order chi connectivity index (χ0) is 10.0. The molecule has 0 aliphatic heterocycles. The summed E-state index contributed by atoms with van der Waals surface area (Å²) >= 11 is 12.6. The number of nitrogens with two attached hydrogens (primary N) is 1. The molecule has 72 valence electrons. The lowest BCUT2D eigenvalue weighted by atomic mass is 10.2. The maximum Gasteiger partial charge on any atom is 0.305 e. The predicted molar refractivity (Wildman–Crippen MR) is 53.5 cm³/mol. The summed E-state index contributed by atoms with van der Waals surface area (Å²) in [4.78, 5) is 11.0. The van der Waals surface area contributed by atoms with Gasteiger partial charge in [0.15, 0.2) is 0 Å². The van der Waals surface area contributed by atoms with Gasteiger partial charge in [0.05, 0.1) is 11.4 Å². The molecule has 0 aliphatic carbocycles. The summed E-state index contributed by atoms with van der Waals surface area (Å²) in [6.07, 6.45) is -0.118.